The number of halogens is 3. The summed E-state index contributed by atoms with van der Waals surface area (Å²) < 4.78 is 44.4. The molecular formula is C15H19F3N2O3. The molecule has 1 aromatic rings. The monoisotopic (exact) mass is 332 g/mol. The molecule has 3 N–H and O–H groups in total. The zero-order valence-electron chi connectivity index (χ0n) is 12.7. The lowest BCUT2D eigenvalue weighted by Crippen LogP contribution is -2.40. The van der Waals surface area contributed by atoms with E-state index in [1.807, 2.05) is 0 Å². The summed E-state index contributed by atoms with van der Waals surface area (Å²) in [5, 5.41) is 14.0. The lowest BCUT2D eigenvalue weighted by atomic mass is 10.1. The van der Waals surface area contributed by atoms with Crippen LogP contribution < -0.4 is 10.6 Å². The number of rotatable bonds is 8. The Morgan fingerprint density at radius 2 is 1.96 bits per heavy atom. The zero-order chi connectivity index (χ0) is 17.4. The second-order valence-electron chi connectivity index (χ2n) is 4.94. The third kappa shape index (κ3) is 6.29. The molecule has 1 unspecified atom stereocenters. The second kappa shape index (κ2) is 9.16. The molecule has 0 saturated carbocycles. The highest BCUT2D eigenvalue weighted by molar-refractivity contribution is 5.74. The molecule has 0 bridgehead atoms. The van der Waals surface area contributed by atoms with Gasteiger partial charge in [-0.2, -0.15) is 0 Å². The van der Waals surface area contributed by atoms with Crippen LogP contribution in [0.2, 0.25) is 0 Å². The summed E-state index contributed by atoms with van der Waals surface area (Å²) >= 11 is 0. The van der Waals surface area contributed by atoms with Crippen LogP contribution in [0.4, 0.5) is 18.0 Å². The van der Waals surface area contributed by atoms with Crippen LogP contribution in [0.25, 0.3) is 0 Å². The molecule has 8 heteroatoms. The molecule has 0 fully saturated rings. The first-order valence-corrected chi connectivity index (χ1v) is 6.87. The van der Waals surface area contributed by atoms with Crippen molar-refractivity contribution in [3.8, 4) is 0 Å². The smallest absolute Gasteiger partial charge is 0.315 e. The van der Waals surface area contributed by atoms with Crippen molar-refractivity contribution >= 4 is 6.03 Å². The first kappa shape index (κ1) is 19.0. The minimum absolute atomic E-state index is 0.0856. The van der Waals surface area contributed by atoms with E-state index in [2.05, 4.69) is 17.2 Å². The molecule has 0 aromatic heterocycles. The van der Waals surface area contributed by atoms with Crippen LogP contribution >= 0.6 is 0 Å². The minimum atomic E-state index is -1.61. The van der Waals surface area contributed by atoms with E-state index < -0.39 is 36.1 Å². The van der Waals surface area contributed by atoms with Crippen LogP contribution in [-0.4, -0.2) is 37.5 Å². The number of hydrogen-bond acceptors (Lipinski definition) is 3. The normalized spacial score (nSPS) is 11.9. The van der Waals surface area contributed by atoms with Gasteiger partial charge in [-0.1, -0.05) is 12.2 Å². The summed E-state index contributed by atoms with van der Waals surface area (Å²) in [6, 6.07) is -0.297. The molecule has 1 atom stereocenters. The molecule has 0 aliphatic carbocycles. The van der Waals surface area contributed by atoms with Gasteiger partial charge in [0.2, 0.25) is 0 Å². The van der Waals surface area contributed by atoms with Crippen LogP contribution in [0.15, 0.2) is 24.3 Å². The molecule has 0 heterocycles. The number of urea groups is 1. The third-order valence-corrected chi connectivity index (χ3v) is 2.78. The van der Waals surface area contributed by atoms with Gasteiger partial charge < -0.3 is 20.5 Å². The molecule has 2 amide bonds. The van der Waals surface area contributed by atoms with Gasteiger partial charge in [0.1, 0.15) is 0 Å². The lowest BCUT2D eigenvalue weighted by Gasteiger charge is -2.17. The van der Waals surface area contributed by atoms with Gasteiger partial charge in [-0.3, -0.25) is 0 Å². The fourth-order valence-corrected chi connectivity index (χ4v) is 1.70. The average Bonchev–Trinajstić information content (AvgIpc) is 2.49. The topological polar surface area (TPSA) is 70.6 Å². The van der Waals surface area contributed by atoms with E-state index in [1.54, 1.807) is 6.92 Å². The third-order valence-electron chi connectivity index (χ3n) is 2.78. The predicted octanol–water partition coefficient (Wildman–Crippen LogP) is 2.03. The van der Waals surface area contributed by atoms with Crippen LogP contribution in [0, 0.1) is 17.5 Å². The number of ether oxygens (including phenoxy) is 1. The number of nitrogens with one attached hydrogen (secondary N) is 2. The fraction of sp³-hybridized carbons (Fsp3) is 0.400. The van der Waals surface area contributed by atoms with Crippen molar-refractivity contribution in [3.63, 3.8) is 0 Å². The average molecular weight is 332 g/mol. The standard InChI is InChI=1S/C15H19F3N2O3/c1-9(2)8-23-4-3-19-15(22)20-13(7-21)10-5-11(16)14(18)12(17)6-10/h5-6,13,21H,1,3-4,7-8H2,2H3,(H2,19,20,22). The Hall–Kier alpha value is -2.06. The van der Waals surface area contributed by atoms with Gasteiger partial charge in [0.05, 0.1) is 25.9 Å². The Kier molecular flexibility index (Phi) is 7.56. The number of aliphatic hydroxyl groups is 1. The van der Waals surface area contributed by atoms with Crippen molar-refractivity contribution < 1.29 is 27.8 Å². The molecule has 1 rings (SSSR count). The molecule has 1 aromatic carbocycles. The molecule has 23 heavy (non-hydrogen) atoms. The van der Waals surface area contributed by atoms with Gasteiger partial charge >= 0.3 is 6.03 Å². The molecular weight excluding hydrogens is 313 g/mol. The molecule has 0 aliphatic heterocycles. The van der Waals surface area contributed by atoms with Crippen molar-refractivity contribution in [3.05, 3.63) is 47.3 Å². The van der Waals surface area contributed by atoms with E-state index in [-0.39, 0.29) is 18.7 Å². The molecule has 0 spiro atoms. The van der Waals surface area contributed by atoms with E-state index in [4.69, 9.17) is 4.74 Å². The molecule has 0 aliphatic rings. The van der Waals surface area contributed by atoms with Crippen molar-refractivity contribution in [1.82, 2.24) is 10.6 Å². The Morgan fingerprint density at radius 3 is 2.48 bits per heavy atom. The van der Waals surface area contributed by atoms with Gasteiger partial charge in [-0.05, 0) is 24.6 Å². The zero-order valence-corrected chi connectivity index (χ0v) is 12.7. The van der Waals surface area contributed by atoms with E-state index in [9.17, 15) is 23.1 Å². The Labute approximate surface area is 132 Å². The number of carbonyl (C=O) groups is 1. The second-order valence-corrected chi connectivity index (χ2v) is 4.94. The molecule has 5 nitrogen and oxygen atoms in total. The summed E-state index contributed by atoms with van der Waals surface area (Å²) in [6.45, 7) is 5.67. The Bertz CT molecular complexity index is 544. The van der Waals surface area contributed by atoms with Crippen molar-refractivity contribution in [2.45, 2.75) is 13.0 Å². The number of benzene rings is 1. The summed E-state index contributed by atoms with van der Waals surface area (Å²) in [5.41, 5.74) is 0.757. The van der Waals surface area contributed by atoms with Crippen LogP contribution in [0.3, 0.4) is 0 Å². The first-order chi connectivity index (χ1) is 10.8. The van der Waals surface area contributed by atoms with E-state index in [1.165, 1.54) is 0 Å². The summed E-state index contributed by atoms with van der Waals surface area (Å²) in [7, 11) is 0. The van der Waals surface area contributed by atoms with Gasteiger partial charge in [0, 0.05) is 6.54 Å². The lowest BCUT2D eigenvalue weighted by molar-refractivity contribution is 0.157. The maximum Gasteiger partial charge on any atom is 0.315 e. The van der Waals surface area contributed by atoms with Gasteiger partial charge in [-0.25, -0.2) is 18.0 Å². The summed E-state index contributed by atoms with van der Waals surface area (Å²) in [6.07, 6.45) is 0. The number of amides is 2. The SMILES string of the molecule is C=C(C)COCCNC(=O)NC(CO)c1cc(F)c(F)c(F)c1. The first-order valence-electron chi connectivity index (χ1n) is 6.87. The van der Waals surface area contributed by atoms with Crippen LogP contribution in [0.1, 0.15) is 18.5 Å². The highest BCUT2D eigenvalue weighted by Gasteiger charge is 2.18. The number of hydrogen-bond donors (Lipinski definition) is 3. The Morgan fingerprint density at radius 1 is 1.35 bits per heavy atom. The van der Waals surface area contributed by atoms with E-state index in [0.29, 0.717) is 6.61 Å². The highest BCUT2D eigenvalue weighted by atomic mass is 19.2. The summed E-state index contributed by atoms with van der Waals surface area (Å²) in [4.78, 5) is 11.7. The van der Waals surface area contributed by atoms with Crippen LogP contribution in [-0.2, 0) is 4.74 Å². The van der Waals surface area contributed by atoms with Gasteiger partial charge in [0.25, 0.3) is 0 Å². The quantitative estimate of drug-likeness (QED) is 0.388. The predicted molar refractivity (Wildman–Crippen MR) is 78.3 cm³/mol. The maximum absolute atomic E-state index is 13.2. The largest absolute Gasteiger partial charge is 0.394 e. The van der Waals surface area contributed by atoms with Gasteiger partial charge in [-0.15, -0.1) is 0 Å². The van der Waals surface area contributed by atoms with Gasteiger partial charge in [0.15, 0.2) is 17.5 Å². The van der Waals surface area contributed by atoms with Crippen molar-refractivity contribution in [1.29, 1.82) is 0 Å². The van der Waals surface area contributed by atoms with Crippen molar-refractivity contribution in [2.24, 2.45) is 0 Å². The minimum Gasteiger partial charge on any atom is -0.394 e. The van der Waals surface area contributed by atoms with E-state index in [0.717, 1.165) is 17.7 Å². The Balaban J connectivity index is 2.52. The number of carbonyl (C=O) groups excluding carboxylic acids is 1. The van der Waals surface area contributed by atoms with Crippen LogP contribution in [0.5, 0.6) is 0 Å². The molecule has 128 valence electrons. The van der Waals surface area contributed by atoms with E-state index >= 15 is 0 Å². The van der Waals surface area contributed by atoms with Crippen molar-refractivity contribution in [2.75, 3.05) is 26.4 Å². The molecule has 0 radical (unpaired) electrons. The molecule has 0 saturated heterocycles. The highest BCUT2D eigenvalue weighted by Crippen LogP contribution is 2.19. The maximum atomic E-state index is 13.2. The summed E-state index contributed by atoms with van der Waals surface area (Å²) in [5.74, 6) is -4.40. The number of aliphatic hydroxyl groups excluding tert-OH is 1. The fourth-order valence-electron chi connectivity index (χ4n) is 1.70.